The number of aromatic hydroxyl groups is 1. The fraction of sp³-hybridized carbons (Fsp3) is 0.235. The van der Waals surface area contributed by atoms with Crippen LogP contribution in [0.15, 0.2) is 30.3 Å². The molecule has 1 N–H and O–H groups in total. The molecule has 118 valence electrons. The van der Waals surface area contributed by atoms with Crippen LogP contribution in [0, 0.1) is 0 Å². The van der Waals surface area contributed by atoms with E-state index in [9.17, 15) is 9.90 Å². The number of hydrogen-bond donors (Lipinski definition) is 1. The Morgan fingerprint density at radius 2 is 1.91 bits per heavy atom. The van der Waals surface area contributed by atoms with Gasteiger partial charge in [0.1, 0.15) is 5.75 Å². The molecule has 4 rings (SSSR count). The predicted molar refractivity (Wildman–Crippen MR) is 79.3 cm³/mol. The van der Waals surface area contributed by atoms with E-state index in [1.165, 1.54) is 7.11 Å². The van der Waals surface area contributed by atoms with Crippen LogP contribution >= 0.6 is 0 Å². The first-order valence-electron chi connectivity index (χ1n) is 7.17. The van der Waals surface area contributed by atoms with E-state index in [2.05, 4.69) is 0 Å². The average Bonchev–Trinajstić information content (AvgIpc) is 2.99. The lowest BCUT2D eigenvalue weighted by atomic mass is 9.86. The van der Waals surface area contributed by atoms with Gasteiger partial charge in [0.15, 0.2) is 23.0 Å². The molecule has 0 bridgehead atoms. The van der Waals surface area contributed by atoms with Gasteiger partial charge < -0.3 is 24.1 Å². The van der Waals surface area contributed by atoms with Crippen molar-refractivity contribution in [1.29, 1.82) is 0 Å². The number of methoxy groups -OCH3 is 1. The summed E-state index contributed by atoms with van der Waals surface area (Å²) in [6, 6.07) is 8.62. The zero-order chi connectivity index (χ0) is 16.0. The van der Waals surface area contributed by atoms with Gasteiger partial charge in [0, 0.05) is 17.5 Å². The standard InChI is InChI=1S/C17H14O6/c1-20-13-3-2-9(4-12(13)18)10-6-17(19)23-14-7-16-15(5-11(10)14)21-8-22-16/h2-5,7,10,18H,6,8H2,1H3/t10-/m0/s1. The molecular formula is C17H14O6. The van der Waals surface area contributed by atoms with Gasteiger partial charge in [0.25, 0.3) is 0 Å². The fourth-order valence-electron chi connectivity index (χ4n) is 2.96. The zero-order valence-electron chi connectivity index (χ0n) is 12.4. The van der Waals surface area contributed by atoms with Crippen LogP contribution in [-0.4, -0.2) is 25.0 Å². The van der Waals surface area contributed by atoms with Gasteiger partial charge in [0.05, 0.1) is 13.5 Å². The summed E-state index contributed by atoms with van der Waals surface area (Å²) >= 11 is 0. The van der Waals surface area contributed by atoms with Gasteiger partial charge in [-0.15, -0.1) is 0 Å². The van der Waals surface area contributed by atoms with Crippen molar-refractivity contribution in [1.82, 2.24) is 0 Å². The molecule has 2 aliphatic rings. The first-order valence-corrected chi connectivity index (χ1v) is 7.17. The summed E-state index contributed by atoms with van der Waals surface area (Å²) in [6.45, 7) is 0.153. The molecule has 0 spiro atoms. The number of rotatable bonds is 2. The zero-order valence-corrected chi connectivity index (χ0v) is 12.4. The van der Waals surface area contributed by atoms with E-state index in [0.717, 1.165) is 11.1 Å². The lowest BCUT2D eigenvalue weighted by Crippen LogP contribution is -2.21. The summed E-state index contributed by atoms with van der Waals surface area (Å²) in [5, 5.41) is 10.0. The van der Waals surface area contributed by atoms with Gasteiger partial charge in [0.2, 0.25) is 6.79 Å². The van der Waals surface area contributed by atoms with Gasteiger partial charge in [-0.3, -0.25) is 4.79 Å². The summed E-state index contributed by atoms with van der Waals surface area (Å²) in [6.07, 6.45) is 0.193. The van der Waals surface area contributed by atoms with E-state index in [1.807, 2.05) is 12.1 Å². The highest BCUT2D eigenvalue weighted by Gasteiger charge is 2.31. The molecule has 0 aromatic heterocycles. The largest absolute Gasteiger partial charge is 0.504 e. The number of carbonyl (C=O) groups excluding carboxylic acids is 1. The monoisotopic (exact) mass is 314 g/mol. The molecule has 0 radical (unpaired) electrons. The van der Waals surface area contributed by atoms with Crippen molar-refractivity contribution in [2.75, 3.05) is 13.9 Å². The van der Waals surface area contributed by atoms with Crippen LogP contribution in [-0.2, 0) is 4.79 Å². The first-order chi connectivity index (χ1) is 11.2. The molecule has 0 saturated carbocycles. The quantitative estimate of drug-likeness (QED) is 0.678. The molecule has 23 heavy (non-hydrogen) atoms. The number of hydrogen-bond acceptors (Lipinski definition) is 6. The summed E-state index contributed by atoms with van der Waals surface area (Å²) < 4.78 is 21.1. The minimum atomic E-state index is -0.323. The summed E-state index contributed by atoms with van der Waals surface area (Å²) in [5.41, 5.74) is 1.64. The van der Waals surface area contributed by atoms with Gasteiger partial charge in [-0.1, -0.05) is 6.07 Å². The van der Waals surface area contributed by atoms with E-state index in [-0.39, 0.29) is 30.9 Å². The van der Waals surface area contributed by atoms with Crippen molar-refractivity contribution in [3.63, 3.8) is 0 Å². The Bertz CT molecular complexity index is 798. The average molecular weight is 314 g/mol. The molecule has 2 heterocycles. The smallest absolute Gasteiger partial charge is 0.312 e. The molecular weight excluding hydrogens is 300 g/mol. The molecule has 0 unspecified atom stereocenters. The van der Waals surface area contributed by atoms with E-state index in [4.69, 9.17) is 18.9 Å². The van der Waals surface area contributed by atoms with Crippen LogP contribution in [0.1, 0.15) is 23.5 Å². The molecule has 0 amide bonds. The van der Waals surface area contributed by atoms with Crippen molar-refractivity contribution in [2.45, 2.75) is 12.3 Å². The Kier molecular flexibility index (Phi) is 3.04. The number of ether oxygens (including phenoxy) is 4. The maximum absolute atomic E-state index is 11.9. The van der Waals surface area contributed by atoms with Crippen molar-refractivity contribution in [3.8, 4) is 28.7 Å². The van der Waals surface area contributed by atoms with E-state index < -0.39 is 0 Å². The summed E-state index contributed by atoms with van der Waals surface area (Å²) in [5.74, 6) is 1.53. The number of benzene rings is 2. The highest BCUT2D eigenvalue weighted by atomic mass is 16.7. The number of esters is 1. The highest BCUT2D eigenvalue weighted by molar-refractivity contribution is 5.78. The second kappa shape index (κ2) is 5.08. The Balaban J connectivity index is 1.81. The number of phenolic OH excluding ortho intramolecular Hbond substituents is 1. The lowest BCUT2D eigenvalue weighted by molar-refractivity contribution is -0.135. The molecule has 6 nitrogen and oxygen atoms in total. The van der Waals surface area contributed by atoms with Crippen LogP contribution in [0.3, 0.4) is 0 Å². The highest BCUT2D eigenvalue weighted by Crippen LogP contribution is 2.46. The van der Waals surface area contributed by atoms with Crippen LogP contribution in [0.25, 0.3) is 0 Å². The number of phenols is 1. The van der Waals surface area contributed by atoms with Gasteiger partial charge in [-0.05, 0) is 23.8 Å². The molecule has 2 aromatic carbocycles. The predicted octanol–water partition coefficient (Wildman–Crippen LogP) is 2.57. The summed E-state index contributed by atoms with van der Waals surface area (Å²) in [7, 11) is 1.49. The topological polar surface area (TPSA) is 74.2 Å². The Morgan fingerprint density at radius 1 is 1.13 bits per heavy atom. The molecule has 0 fully saturated rings. The van der Waals surface area contributed by atoms with E-state index in [0.29, 0.717) is 23.0 Å². The maximum Gasteiger partial charge on any atom is 0.312 e. The van der Waals surface area contributed by atoms with Gasteiger partial charge in [-0.2, -0.15) is 0 Å². The maximum atomic E-state index is 11.9. The molecule has 1 atom stereocenters. The first kappa shape index (κ1) is 13.8. The number of carbonyl (C=O) groups is 1. The molecule has 0 saturated heterocycles. The SMILES string of the molecule is COc1ccc([C@@H]2CC(=O)Oc3cc4c(cc32)OCO4)cc1O. The fourth-order valence-corrected chi connectivity index (χ4v) is 2.96. The van der Waals surface area contributed by atoms with Crippen molar-refractivity contribution >= 4 is 5.97 Å². The van der Waals surface area contributed by atoms with Gasteiger partial charge >= 0.3 is 5.97 Å². The normalized spacial score (nSPS) is 18.3. The number of fused-ring (bicyclic) bond motifs is 2. The molecule has 0 aliphatic carbocycles. The van der Waals surface area contributed by atoms with Gasteiger partial charge in [-0.25, -0.2) is 0 Å². The third-order valence-electron chi connectivity index (χ3n) is 4.08. The Morgan fingerprint density at radius 3 is 2.65 bits per heavy atom. The van der Waals surface area contributed by atoms with E-state index in [1.54, 1.807) is 18.2 Å². The van der Waals surface area contributed by atoms with Crippen molar-refractivity contribution < 1.29 is 28.8 Å². The molecule has 2 aliphatic heterocycles. The second-order valence-corrected chi connectivity index (χ2v) is 5.41. The lowest BCUT2D eigenvalue weighted by Gasteiger charge is -2.25. The summed E-state index contributed by atoms with van der Waals surface area (Å²) in [4.78, 5) is 11.9. The minimum Gasteiger partial charge on any atom is -0.504 e. The van der Waals surface area contributed by atoms with Crippen LogP contribution in [0.5, 0.6) is 28.7 Å². The van der Waals surface area contributed by atoms with Crippen molar-refractivity contribution in [3.05, 3.63) is 41.5 Å². The minimum absolute atomic E-state index is 0.0336. The third-order valence-corrected chi connectivity index (χ3v) is 4.08. The second-order valence-electron chi connectivity index (χ2n) is 5.41. The molecule has 6 heteroatoms. The van der Waals surface area contributed by atoms with Crippen LogP contribution < -0.4 is 18.9 Å². The Labute approximate surface area is 132 Å². The van der Waals surface area contributed by atoms with Crippen LogP contribution in [0.4, 0.5) is 0 Å². The van der Waals surface area contributed by atoms with E-state index >= 15 is 0 Å². The van der Waals surface area contributed by atoms with Crippen LogP contribution in [0.2, 0.25) is 0 Å². The van der Waals surface area contributed by atoms with Crippen molar-refractivity contribution in [2.24, 2.45) is 0 Å². The Hall–Kier alpha value is -2.89. The third kappa shape index (κ3) is 2.23. The molecule has 2 aromatic rings.